The Labute approximate surface area is 137 Å². The zero-order chi connectivity index (χ0) is 16.7. The number of fused-ring (bicyclic) bond motifs is 1. The predicted octanol–water partition coefficient (Wildman–Crippen LogP) is 4.47. The van der Waals surface area contributed by atoms with E-state index in [1.54, 1.807) is 6.92 Å². The minimum absolute atomic E-state index is 0.310. The second-order valence-corrected chi connectivity index (χ2v) is 5.35. The van der Waals surface area contributed by atoms with Gasteiger partial charge < -0.3 is 9.47 Å². The van der Waals surface area contributed by atoms with E-state index in [0.29, 0.717) is 13.2 Å². The standard InChI is InChI=1S/C20H22O3/c1-4-22-20(21)12-15(2)8-7-9-16(3)18-13-17-10-5-6-11-19(17)23-14-18/h5-13H,4,14H2,1-3H3/b8-7+,15-12+,16-9+. The molecule has 3 nitrogen and oxygen atoms in total. The van der Waals surface area contributed by atoms with Crippen molar-refractivity contribution in [2.45, 2.75) is 20.8 Å². The van der Waals surface area contributed by atoms with Gasteiger partial charge in [0, 0.05) is 11.6 Å². The summed E-state index contributed by atoms with van der Waals surface area (Å²) in [6, 6.07) is 8.00. The highest BCUT2D eigenvalue weighted by molar-refractivity contribution is 5.83. The molecule has 0 spiro atoms. The van der Waals surface area contributed by atoms with Crippen molar-refractivity contribution in [2.75, 3.05) is 13.2 Å². The van der Waals surface area contributed by atoms with E-state index >= 15 is 0 Å². The minimum atomic E-state index is -0.310. The Kier molecular flexibility index (Phi) is 5.98. The molecule has 0 fully saturated rings. The number of para-hydroxylation sites is 1. The summed E-state index contributed by atoms with van der Waals surface area (Å²) in [4.78, 5) is 11.3. The lowest BCUT2D eigenvalue weighted by molar-refractivity contribution is -0.137. The second-order valence-electron chi connectivity index (χ2n) is 5.35. The van der Waals surface area contributed by atoms with Gasteiger partial charge in [0.2, 0.25) is 0 Å². The Bertz CT molecular complexity index is 691. The Morgan fingerprint density at radius 1 is 1.30 bits per heavy atom. The van der Waals surface area contributed by atoms with Crippen LogP contribution in [0.25, 0.3) is 6.08 Å². The van der Waals surface area contributed by atoms with Crippen LogP contribution in [0.1, 0.15) is 26.3 Å². The summed E-state index contributed by atoms with van der Waals surface area (Å²) >= 11 is 0. The number of carbonyl (C=O) groups is 1. The number of esters is 1. The van der Waals surface area contributed by atoms with Crippen molar-refractivity contribution in [3.05, 3.63) is 70.9 Å². The molecule has 1 aromatic rings. The minimum Gasteiger partial charge on any atom is -0.488 e. The molecule has 1 aliphatic rings. The smallest absolute Gasteiger partial charge is 0.330 e. The monoisotopic (exact) mass is 310 g/mol. The maximum absolute atomic E-state index is 11.3. The topological polar surface area (TPSA) is 35.5 Å². The van der Waals surface area contributed by atoms with Gasteiger partial charge in [-0.3, -0.25) is 0 Å². The molecule has 1 aromatic carbocycles. The third-order valence-corrected chi connectivity index (χ3v) is 3.48. The molecule has 2 rings (SSSR count). The summed E-state index contributed by atoms with van der Waals surface area (Å²) in [6.07, 6.45) is 9.48. The zero-order valence-electron chi connectivity index (χ0n) is 13.8. The molecular formula is C20H22O3. The molecule has 0 unspecified atom stereocenters. The normalized spacial score (nSPS) is 15.0. The van der Waals surface area contributed by atoms with E-state index in [4.69, 9.17) is 9.47 Å². The highest BCUT2D eigenvalue weighted by Gasteiger charge is 2.11. The molecule has 3 heteroatoms. The highest BCUT2D eigenvalue weighted by atomic mass is 16.5. The highest BCUT2D eigenvalue weighted by Crippen LogP contribution is 2.28. The van der Waals surface area contributed by atoms with Gasteiger partial charge in [-0.25, -0.2) is 4.79 Å². The van der Waals surface area contributed by atoms with E-state index in [1.165, 1.54) is 6.08 Å². The van der Waals surface area contributed by atoms with Crippen molar-refractivity contribution in [3.63, 3.8) is 0 Å². The third-order valence-electron chi connectivity index (χ3n) is 3.48. The van der Waals surface area contributed by atoms with Crippen LogP contribution < -0.4 is 4.74 Å². The SMILES string of the molecule is CCOC(=O)/C=C(C)/C=C/C=C(\C)C1=Cc2ccccc2OC1. The van der Waals surface area contributed by atoms with Crippen LogP contribution in [0.4, 0.5) is 0 Å². The molecule has 0 amide bonds. The Hall–Kier alpha value is -2.55. The first-order valence-electron chi connectivity index (χ1n) is 7.73. The van der Waals surface area contributed by atoms with Crippen molar-refractivity contribution in [2.24, 2.45) is 0 Å². The molecule has 1 heterocycles. The number of allylic oxidation sites excluding steroid dienone is 4. The van der Waals surface area contributed by atoms with E-state index in [2.05, 4.69) is 13.0 Å². The molecule has 1 aliphatic heterocycles. The molecule has 0 bridgehead atoms. The van der Waals surface area contributed by atoms with Gasteiger partial charge in [0.15, 0.2) is 0 Å². The van der Waals surface area contributed by atoms with Crippen LogP contribution in [-0.2, 0) is 9.53 Å². The predicted molar refractivity (Wildman–Crippen MR) is 93.2 cm³/mol. The second kappa shape index (κ2) is 8.18. The molecule has 23 heavy (non-hydrogen) atoms. The molecule has 0 aliphatic carbocycles. The fourth-order valence-corrected chi connectivity index (χ4v) is 2.21. The lowest BCUT2D eigenvalue weighted by Crippen LogP contribution is -2.07. The van der Waals surface area contributed by atoms with Crippen molar-refractivity contribution < 1.29 is 14.3 Å². The fourth-order valence-electron chi connectivity index (χ4n) is 2.21. The van der Waals surface area contributed by atoms with Gasteiger partial charge in [0.25, 0.3) is 0 Å². The lowest BCUT2D eigenvalue weighted by Gasteiger charge is -2.18. The van der Waals surface area contributed by atoms with Crippen LogP contribution in [0.5, 0.6) is 5.75 Å². The quantitative estimate of drug-likeness (QED) is 0.457. The number of carbonyl (C=O) groups excluding carboxylic acids is 1. The van der Waals surface area contributed by atoms with E-state index in [0.717, 1.165) is 28.0 Å². The maximum atomic E-state index is 11.3. The maximum Gasteiger partial charge on any atom is 0.330 e. The van der Waals surface area contributed by atoms with Crippen LogP contribution in [0.3, 0.4) is 0 Å². The average Bonchev–Trinajstić information content (AvgIpc) is 2.54. The molecule has 0 aromatic heterocycles. The number of hydrogen-bond donors (Lipinski definition) is 0. The largest absolute Gasteiger partial charge is 0.488 e. The zero-order valence-corrected chi connectivity index (χ0v) is 13.8. The van der Waals surface area contributed by atoms with Crippen molar-refractivity contribution in [3.8, 4) is 5.75 Å². The summed E-state index contributed by atoms with van der Waals surface area (Å²) in [5.41, 5.74) is 4.25. The van der Waals surface area contributed by atoms with Gasteiger partial charge in [-0.15, -0.1) is 0 Å². The number of hydrogen-bond acceptors (Lipinski definition) is 3. The summed E-state index contributed by atoms with van der Waals surface area (Å²) in [6.45, 7) is 6.68. The first kappa shape index (κ1) is 16.8. The van der Waals surface area contributed by atoms with Crippen LogP contribution in [0.15, 0.2) is 65.3 Å². The first-order valence-corrected chi connectivity index (χ1v) is 7.73. The Morgan fingerprint density at radius 2 is 2.09 bits per heavy atom. The molecule has 0 atom stereocenters. The van der Waals surface area contributed by atoms with E-state index in [9.17, 15) is 4.79 Å². The molecular weight excluding hydrogens is 288 g/mol. The summed E-state index contributed by atoms with van der Waals surface area (Å²) in [7, 11) is 0. The third kappa shape index (κ3) is 4.99. The van der Waals surface area contributed by atoms with Gasteiger partial charge in [0.05, 0.1) is 6.61 Å². The Balaban J connectivity index is 2.05. The molecule has 0 saturated heterocycles. The van der Waals surface area contributed by atoms with Crippen molar-refractivity contribution in [1.29, 1.82) is 0 Å². The van der Waals surface area contributed by atoms with Crippen LogP contribution in [-0.4, -0.2) is 19.2 Å². The van der Waals surface area contributed by atoms with Gasteiger partial charge in [-0.1, -0.05) is 36.4 Å². The summed E-state index contributed by atoms with van der Waals surface area (Å²) in [5.74, 6) is 0.614. The van der Waals surface area contributed by atoms with E-state index in [1.807, 2.05) is 49.4 Å². The summed E-state index contributed by atoms with van der Waals surface area (Å²) < 4.78 is 10.6. The first-order chi connectivity index (χ1) is 11.1. The van der Waals surface area contributed by atoms with Gasteiger partial charge in [0.1, 0.15) is 12.4 Å². The number of rotatable bonds is 5. The lowest BCUT2D eigenvalue weighted by atomic mass is 10.0. The molecule has 0 saturated carbocycles. The van der Waals surface area contributed by atoms with E-state index < -0.39 is 0 Å². The Morgan fingerprint density at radius 3 is 2.87 bits per heavy atom. The molecule has 120 valence electrons. The average molecular weight is 310 g/mol. The van der Waals surface area contributed by atoms with Crippen molar-refractivity contribution >= 4 is 12.0 Å². The van der Waals surface area contributed by atoms with E-state index in [-0.39, 0.29) is 5.97 Å². The van der Waals surface area contributed by atoms with Crippen LogP contribution in [0.2, 0.25) is 0 Å². The van der Waals surface area contributed by atoms with Crippen LogP contribution >= 0.6 is 0 Å². The van der Waals surface area contributed by atoms with Gasteiger partial charge >= 0.3 is 5.97 Å². The van der Waals surface area contributed by atoms with Gasteiger partial charge in [-0.05, 0) is 49.6 Å². The number of benzene rings is 1. The molecule has 0 radical (unpaired) electrons. The van der Waals surface area contributed by atoms with Crippen molar-refractivity contribution in [1.82, 2.24) is 0 Å². The van der Waals surface area contributed by atoms with Crippen LogP contribution in [0, 0.1) is 0 Å². The number of ether oxygens (including phenoxy) is 2. The summed E-state index contributed by atoms with van der Waals surface area (Å²) in [5, 5.41) is 0. The molecule has 0 N–H and O–H groups in total. The fraction of sp³-hybridized carbons (Fsp3) is 0.250. The van der Waals surface area contributed by atoms with Gasteiger partial charge in [-0.2, -0.15) is 0 Å².